The van der Waals surface area contributed by atoms with Crippen molar-refractivity contribution in [1.82, 2.24) is 13.9 Å². The van der Waals surface area contributed by atoms with Crippen molar-refractivity contribution in [2.75, 3.05) is 6.54 Å². The number of nitrogens with zero attached hydrogens (tertiary/aromatic N) is 4. The first-order valence-electron chi connectivity index (χ1n) is 5.69. The van der Waals surface area contributed by atoms with Crippen molar-refractivity contribution in [3.8, 4) is 6.07 Å². The lowest BCUT2D eigenvalue weighted by Crippen LogP contribution is -2.37. The zero-order chi connectivity index (χ0) is 13.9. The van der Waals surface area contributed by atoms with E-state index in [4.69, 9.17) is 5.26 Å². The third kappa shape index (κ3) is 2.89. The van der Waals surface area contributed by atoms with E-state index in [1.54, 1.807) is 32.4 Å². The lowest BCUT2D eigenvalue weighted by atomic mass is 10.3. The molecule has 0 atom stereocenters. The topological polar surface area (TPSA) is 79.0 Å². The Labute approximate surface area is 108 Å². The number of hydrogen-bond donors (Lipinski definition) is 0. The van der Waals surface area contributed by atoms with Crippen LogP contribution in [-0.2, 0) is 17.1 Å². The highest BCUT2D eigenvalue weighted by atomic mass is 32.2. The van der Waals surface area contributed by atoms with E-state index >= 15 is 0 Å². The molecule has 1 heterocycles. The molecule has 6 nitrogen and oxygen atoms in total. The Morgan fingerprint density at radius 1 is 1.56 bits per heavy atom. The van der Waals surface area contributed by atoms with Crippen LogP contribution in [0.1, 0.15) is 26.1 Å². The van der Waals surface area contributed by atoms with Gasteiger partial charge in [-0.05, 0) is 20.8 Å². The number of nitriles is 1. The predicted molar refractivity (Wildman–Crippen MR) is 67.2 cm³/mol. The van der Waals surface area contributed by atoms with Gasteiger partial charge in [0.05, 0.1) is 6.07 Å². The summed E-state index contributed by atoms with van der Waals surface area (Å²) in [5, 5.41) is 8.63. The second kappa shape index (κ2) is 5.50. The lowest BCUT2D eigenvalue weighted by Gasteiger charge is -2.23. The van der Waals surface area contributed by atoms with E-state index in [0.29, 0.717) is 5.82 Å². The first-order chi connectivity index (χ1) is 8.30. The molecule has 0 aromatic carbocycles. The van der Waals surface area contributed by atoms with Crippen LogP contribution < -0.4 is 0 Å². The highest BCUT2D eigenvalue weighted by Gasteiger charge is 2.29. The highest BCUT2D eigenvalue weighted by molar-refractivity contribution is 7.89. The van der Waals surface area contributed by atoms with Crippen molar-refractivity contribution in [1.29, 1.82) is 5.26 Å². The molecule has 7 heteroatoms. The third-order valence-electron chi connectivity index (χ3n) is 2.68. The van der Waals surface area contributed by atoms with Crippen molar-refractivity contribution in [3.05, 3.63) is 12.0 Å². The largest absolute Gasteiger partial charge is 0.337 e. The van der Waals surface area contributed by atoms with Crippen molar-refractivity contribution in [3.63, 3.8) is 0 Å². The standard InChI is InChI=1S/C11H18N4O2S/c1-9(2)15(7-5-6-12)18(16,17)11-8-14(4)10(3)13-11/h8-9H,5,7H2,1-4H3. The van der Waals surface area contributed by atoms with Gasteiger partial charge >= 0.3 is 0 Å². The van der Waals surface area contributed by atoms with Crippen LogP contribution in [0, 0.1) is 18.3 Å². The molecular weight excluding hydrogens is 252 g/mol. The molecule has 0 N–H and O–H groups in total. The van der Waals surface area contributed by atoms with Gasteiger partial charge in [-0.25, -0.2) is 13.4 Å². The Hall–Kier alpha value is -1.39. The SMILES string of the molecule is Cc1nc(S(=O)(=O)N(CCC#N)C(C)C)cn1C. The third-order valence-corrected chi connectivity index (χ3v) is 4.63. The zero-order valence-electron chi connectivity index (χ0n) is 11.1. The minimum absolute atomic E-state index is 0.0362. The fourth-order valence-corrected chi connectivity index (χ4v) is 3.25. The van der Waals surface area contributed by atoms with E-state index in [1.807, 2.05) is 6.07 Å². The van der Waals surface area contributed by atoms with Crippen LogP contribution in [0.5, 0.6) is 0 Å². The molecule has 100 valence electrons. The summed E-state index contributed by atoms with van der Waals surface area (Å²) in [4.78, 5) is 4.04. The molecule has 1 aromatic rings. The smallest absolute Gasteiger partial charge is 0.262 e. The maximum absolute atomic E-state index is 12.4. The predicted octanol–water partition coefficient (Wildman–Crippen LogP) is 1.04. The van der Waals surface area contributed by atoms with Crippen molar-refractivity contribution in [2.45, 2.75) is 38.3 Å². The molecule has 0 radical (unpaired) electrons. The van der Waals surface area contributed by atoms with Crippen LogP contribution in [0.2, 0.25) is 0 Å². The summed E-state index contributed by atoms with van der Waals surface area (Å²) >= 11 is 0. The van der Waals surface area contributed by atoms with Gasteiger partial charge in [0.1, 0.15) is 5.82 Å². The van der Waals surface area contributed by atoms with E-state index in [9.17, 15) is 8.42 Å². The summed E-state index contributed by atoms with van der Waals surface area (Å²) in [7, 11) is -1.88. The molecular formula is C11H18N4O2S. The van der Waals surface area contributed by atoms with Crippen molar-refractivity contribution >= 4 is 10.0 Å². The maximum atomic E-state index is 12.4. The van der Waals surface area contributed by atoms with Gasteiger partial charge in [0.25, 0.3) is 10.0 Å². The van der Waals surface area contributed by atoms with E-state index in [2.05, 4.69) is 4.98 Å². The summed E-state index contributed by atoms with van der Waals surface area (Å²) < 4.78 is 27.7. The Morgan fingerprint density at radius 3 is 2.56 bits per heavy atom. The average molecular weight is 270 g/mol. The van der Waals surface area contributed by atoms with Gasteiger partial charge in [0, 0.05) is 32.3 Å². The van der Waals surface area contributed by atoms with Gasteiger partial charge in [0.2, 0.25) is 0 Å². The van der Waals surface area contributed by atoms with Crippen LogP contribution in [0.15, 0.2) is 11.2 Å². The van der Waals surface area contributed by atoms with Crippen LogP contribution in [0.4, 0.5) is 0 Å². The number of imidazole rings is 1. The summed E-state index contributed by atoms with van der Waals surface area (Å²) in [6.45, 7) is 5.50. The normalized spacial score (nSPS) is 12.1. The number of hydrogen-bond acceptors (Lipinski definition) is 4. The number of rotatable bonds is 5. The maximum Gasteiger partial charge on any atom is 0.262 e. The van der Waals surface area contributed by atoms with Gasteiger partial charge in [-0.2, -0.15) is 9.57 Å². The number of aryl methyl sites for hydroxylation is 2. The van der Waals surface area contributed by atoms with Crippen molar-refractivity contribution < 1.29 is 8.42 Å². The molecule has 1 aromatic heterocycles. The fraction of sp³-hybridized carbons (Fsp3) is 0.636. The molecule has 0 saturated carbocycles. The molecule has 0 amide bonds. The minimum atomic E-state index is -3.62. The molecule has 0 aliphatic carbocycles. The van der Waals surface area contributed by atoms with Crippen LogP contribution in [0.25, 0.3) is 0 Å². The Bertz CT molecular complexity index is 535. The Balaban J connectivity index is 3.13. The Morgan fingerprint density at radius 2 is 2.17 bits per heavy atom. The van der Waals surface area contributed by atoms with E-state index in [-0.39, 0.29) is 24.0 Å². The van der Waals surface area contributed by atoms with Gasteiger partial charge in [-0.3, -0.25) is 0 Å². The van der Waals surface area contributed by atoms with E-state index < -0.39 is 10.0 Å². The van der Waals surface area contributed by atoms with Crippen LogP contribution in [-0.4, -0.2) is 34.9 Å². The molecule has 0 saturated heterocycles. The molecule has 0 spiro atoms. The molecule has 18 heavy (non-hydrogen) atoms. The highest BCUT2D eigenvalue weighted by Crippen LogP contribution is 2.17. The zero-order valence-corrected chi connectivity index (χ0v) is 11.9. The molecule has 1 rings (SSSR count). The first kappa shape index (κ1) is 14.7. The quantitative estimate of drug-likeness (QED) is 0.800. The second-order valence-electron chi connectivity index (χ2n) is 4.35. The summed E-state index contributed by atoms with van der Waals surface area (Å²) in [5.41, 5.74) is 0. The molecule has 0 fully saturated rings. The molecule has 0 bridgehead atoms. The monoisotopic (exact) mass is 270 g/mol. The number of sulfonamides is 1. The van der Waals surface area contributed by atoms with Gasteiger partial charge in [-0.1, -0.05) is 0 Å². The average Bonchev–Trinajstić information content (AvgIpc) is 2.59. The van der Waals surface area contributed by atoms with E-state index in [1.165, 1.54) is 10.5 Å². The summed E-state index contributed by atoms with van der Waals surface area (Å²) in [6.07, 6.45) is 1.66. The summed E-state index contributed by atoms with van der Waals surface area (Å²) in [6, 6.07) is 1.76. The van der Waals surface area contributed by atoms with Crippen LogP contribution in [0.3, 0.4) is 0 Å². The Kier molecular flexibility index (Phi) is 4.48. The van der Waals surface area contributed by atoms with Crippen LogP contribution >= 0.6 is 0 Å². The molecule has 0 unspecified atom stereocenters. The van der Waals surface area contributed by atoms with Gasteiger partial charge in [0.15, 0.2) is 5.03 Å². The van der Waals surface area contributed by atoms with Gasteiger partial charge in [-0.15, -0.1) is 0 Å². The summed E-state index contributed by atoms with van der Waals surface area (Å²) in [5.74, 6) is 0.637. The second-order valence-corrected chi connectivity index (χ2v) is 6.19. The lowest BCUT2D eigenvalue weighted by molar-refractivity contribution is 0.359. The van der Waals surface area contributed by atoms with E-state index in [0.717, 1.165) is 0 Å². The molecule has 0 aliphatic rings. The van der Waals surface area contributed by atoms with Crippen molar-refractivity contribution in [2.24, 2.45) is 7.05 Å². The number of aromatic nitrogens is 2. The van der Waals surface area contributed by atoms with Gasteiger partial charge < -0.3 is 4.57 Å². The molecule has 0 aliphatic heterocycles. The first-order valence-corrected chi connectivity index (χ1v) is 7.13. The minimum Gasteiger partial charge on any atom is -0.337 e. The fourth-order valence-electron chi connectivity index (χ4n) is 1.59.